The van der Waals surface area contributed by atoms with Crippen LogP contribution in [0.2, 0.25) is 0 Å². The maximum atomic E-state index is 13.5. The Bertz CT molecular complexity index is 516. The van der Waals surface area contributed by atoms with Crippen LogP contribution in [0.5, 0.6) is 0 Å². The van der Waals surface area contributed by atoms with Gasteiger partial charge in [-0.1, -0.05) is 12.1 Å². The number of benzene rings is 1. The van der Waals surface area contributed by atoms with E-state index in [-0.39, 0.29) is 24.2 Å². The van der Waals surface area contributed by atoms with Crippen molar-refractivity contribution >= 4 is 17.7 Å². The summed E-state index contributed by atoms with van der Waals surface area (Å²) in [5.74, 6) is -2.18. The highest BCUT2D eigenvalue weighted by Crippen LogP contribution is 2.08. The van der Waals surface area contributed by atoms with Gasteiger partial charge < -0.3 is 14.8 Å². The van der Waals surface area contributed by atoms with E-state index in [1.54, 1.807) is 0 Å². The van der Waals surface area contributed by atoms with Crippen LogP contribution in [0.3, 0.4) is 0 Å². The molecule has 0 bridgehead atoms. The Balaban J connectivity index is 2.79. The Morgan fingerprint density at radius 1 is 1.30 bits per heavy atom. The van der Waals surface area contributed by atoms with Crippen molar-refractivity contribution in [3.63, 3.8) is 0 Å². The van der Waals surface area contributed by atoms with E-state index in [1.807, 2.05) is 0 Å². The lowest BCUT2D eigenvalue weighted by Gasteiger charge is -2.16. The summed E-state index contributed by atoms with van der Waals surface area (Å²) >= 11 is 0. The number of ether oxygens (including phenoxy) is 1. The first-order valence-corrected chi connectivity index (χ1v) is 6.08. The number of methoxy groups -OCH3 is 1. The molecule has 0 heterocycles. The predicted octanol–water partition coefficient (Wildman–Crippen LogP) is 1.47. The zero-order valence-electron chi connectivity index (χ0n) is 11.3. The van der Waals surface area contributed by atoms with Gasteiger partial charge in [0.2, 0.25) is 0 Å². The van der Waals surface area contributed by atoms with Crippen LogP contribution in [-0.2, 0) is 14.3 Å². The molecule has 1 amide bonds. The molecule has 1 aromatic rings. The number of Topliss-reactive ketones (excluding diaryl/α,β-unsaturated/α-hetero) is 1. The quantitative estimate of drug-likeness (QED) is 0.801. The lowest BCUT2D eigenvalue weighted by molar-refractivity contribution is -0.143. The Morgan fingerprint density at radius 3 is 2.50 bits per heavy atom. The highest BCUT2D eigenvalue weighted by molar-refractivity contribution is 5.97. The van der Waals surface area contributed by atoms with E-state index in [0.29, 0.717) is 0 Å². The van der Waals surface area contributed by atoms with Crippen molar-refractivity contribution in [3.8, 4) is 0 Å². The minimum atomic E-state index is -0.976. The lowest BCUT2D eigenvalue weighted by Crippen LogP contribution is -2.42. The maximum absolute atomic E-state index is 13.5. The number of hydrogen-bond acceptors (Lipinski definition) is 4. The first kappa shape index (κ1) is 15.8. The van der Waals surface area contributed by atoms with Crippen LogP contribution >= 0.6 is 0 Å². The molecule has 0 unspecified atom stereocenters. The fraction of sp³-hybridized carbons (Fsp3) is 0.357. The van der Waals surface area contributed by atoms with Crippen molar-refractivity contribution in [3.05, 3.63) is 35.6 Å². The largest absolute Gasteiger partial charge is 0.467 e. The van der Waals surface area contributed by atoms with Crippen molar-refractivity contribution in [2.75, 3.05) is 7.11 Å². The zero-order chi connectivity index (χ0) is 15.1. The van der Waals surface area contributed by atoms with Gasteiger partial charge in [-0.15, -0.1) is 0 Å². The second-order valence-electron chi connectivity index (χ2n) is 4.27. The van der Waals surface area contributed by atoms with Crippen molar-refractivity contribution < 1.29 is 23.5 Å². The van der Waals surface area contributed by atoms with Crippen LogP contribution in [0.1, 0.15) is 30.1 Å². The van der Waals surface area contributed by atoms with E-state index in [2.05, 4.69) is 10.1 Å². The number of ketones is 1. The minimum Gasteiger partial charge on any atom is -0.467 e. The van der Waals surface area contributed by atoms with Crippen molar-refractivity contribution in [1.29, 1.82) is 0 Å². The molecule has 0 spiro atoms. The van der Waals surface area contributed by atoms with E-state index in [0.717, 1.165) is 6.07 Å². The molecule has 1 rings (SSSR count). The number of rotatable bonds is 6. The molecule has 0 aliphatic heterocycles. The van der Waals surface area contributed by atoms with Crippen LogP contribution < -0.4 is 5.32 Å². The van der Waals surface area contributed by atoms with Gasteiger partial charge in [0.15, 0.2) is 0 Å². The van der Waals surface area contributed by atoms with E-state index in [1.165, 1.54) is 32.2 Å². The third kappa shape index (κ3) is 4.46. The van der Waals surface area contributed by atoms with E-state index in [4.69, 9.17) is 0 Å². The third-order valence-corrected chi connectivity index (χ3v) is 2.69. The molecule has 0 aromatic heterocycles. The summed E-state index contributed by atoms with van der Waals surface area (Å²) in [6.07, 6.45) is 0.236. The maximum Gasteiger partial charge on any atom is 0.328 e. The number of carbonyl (C=O) groups excluding carboxylic acids is 3. The first-order valence-electron chi connectivity index (χ1n) is 6.08. The Hall–Kier alpha value is -2.24. The van der Waals surface area contributed by atoms with Crippen molar-refractivity contribution in [2.45, 2.75) is 25.8 Å². The SMILES string of the molecule is COC(=O)[C@@H](CCC(C)=O)NC(=O)c1ccccc1F. The van der Waals surface area contributed by atoms with Crippen LogP contribution in [0, 0.1) is 5.82 Å². The monoisotopic (exact) mass is 281 g/mol. The van der Waals surface area contributed by atoms with Crippen LogP contribution in [0.25, 0.3) is 0 Å². The molecule has 0 saturated heterocycles. The van der Waals surface area contributed by atoms with Gasteiger partial charge in [-0.3, -0.25) is 4.79 Å². The predicted molar refractivity (Wildman–Crippen MR) is 69.6 cm³/mol. The van der Waals surface area contributed by atoms with Gasteiger partial charge in [0.1, 0.15) is 17.6 Å². The van der Waals surface area contributed by atoms with Crippen LogP contribution in [0.15, 0.2) is 24.3 Å². The van der Waals surface area contributed by atoms with Gasteiger partial charge in [-0.2, -0.15) is 0 Å². The molecule has 6 heteroatoms. The molecule has 1 atom stereocenters. The summed E-state index contributed by atoms with van der Waals surface area (Å²) in [6.45, 7) is 1.38. The molecule has 20 heavy (non-hydrogen) atoms. The second-order valence-corrected chi connectivity index (χ2v) is 4.27. The molecule has 1 N–H and O–H groups in total. The summed E-state index contributed by atoms with van der Waals surface area (Å²) in [4.78, 5) is 34.4. The first-order chi connectivity index (χ1) is 9.45. The van der Waals surface area contributed by atoms with Gasteiger partial charge >= 0.3 is 5.97 Å². The van der Waals surface area contributed by atoms with E-state index < -0.39 is 23.7 Å². The number of hydrogen-bond donors (Lipinski definition) is 1. The molecule has 5 nitrogen and oxygen atoms in total. The summed E-state index contributed by atoms with van der Waals surface area (Å²) < 4.78 is 18.0. The minimum absolute atomic E-state index is 0.112. The highest BCUT2D eigenvalue weighted by atomic mass is 19.1. The molecular weight excluding hydrogens is 265 g/mol. The van der Waals surface area contributed by atoms with E-state index in [9.17, 15) is 18.8 Å². The molecule has 0 aliphatic carbocycles. The summed E-state index contributed by atoms with van der Waals surface area (Å²) in [5, 5.41) is 2.37. The molecule has 0 saturated carbocycles. The van der Waals surface area contributed by atoms with Gasteiger partial charge in [0.25, 0.3) is 5.91 Å². The summed E-state index contributed by atoms with van der Waals surface area (Å²) in [6, 6.07) is 4.46. The lowest BCUT2D eigenvalue weighted by atomic mass is 10.1. The molecule has 1 aromatic carbocycles. The summed E-state index contributed by atoms with van der Waals surface area (Å²) in [7, 11) is 1.18. The van der Waals surface area contributed by atoms with Gasteiger partial charge in [0.05, 0.1) is 12.7 Å². The second kappa shape index (κ2) is 7.37. The molecule has 0 fully saturated rings. The smallest absolute Gasteiger partial charge is 0.328 e. The standard InChI is InChI=1S/C14H16FNO4/c1-9(17)7-8-12(14(19)20-2)16-13(18)10-5-3-4-6-11(10)15/h3-6,12H,7-8H2,1-2H3,(H,16,18)/t12-/m1/s1. The van der Waals surface area contributed by atoms with Gasteiger partial charge in [0, 0.05) is 6.42 Å². The molecule has 0 radical (unpaired) electrons. The Morgan fingerprint density at radius 2 is 1.95 bits per heavy atom. The number of halogens is 1. The number of amides is 1. The zero-order valence-corrected chi connectivity index (χ0v) is 11.3. The number of esters is 1. The number of carbonyl (C=O) groups is 3. The Labute approximate surface area is 116 Å². The topological polar surface area (TPSA) is 72.5 Å². The normalized spacial score (nSPS) is 11.6. The Kier molecular flexibility index (Phi) is 5.83. The fourth-order valence-electron chi connectivity index (χ4n) is 1.62. The van der Waals surface area contributed by atoms with Crippen molar-refractivity contribution in [1.82, 2.24) is 5.32 Å². The molecule has 0 aliphatic rings. The van der Waals surface area contributed by atoms with Gasteiger partial charge in [-0.05, 0) is 25.5 Å². The van der Waals surface area contributed by atoms with Gasteiger partial charge in [-0.25, -0.2) is 9.18 Å². The average molecular weight is 281 g/mol. The fourth-order valence-corrected chi connectivity index (χ4v) is 1.62. The van der Waals surface area contributed by atoms with E-state index >= 15 is 0 Å². The third-order valence-electron chi connectivity index (χ3n) is 2.69. The molecule has 108 valence electrons. The van der Waals surface area contributed by atoms with Crippen LogP contribution in [0.4, 0.5) is 4.39 Å². The highest BCUT2D eigenvalue weighted by Gasteiger charge is 2.23. The summed E-state index contributed by atoms with van der Waals surface area (Å²) in [5.41, 5.74) is -0.163. The van der Waals surface area contributed by atoms with Crippen LogP contribution in [-0.4, -0.2) is 30.8 Å². The molecular formula is C14H16FNO4. The number of nitrogens with one attached hydrogen (secondary N) is 1. The average Bonchev–Trinajstić information content (AvgIpc) is 2.42. The van der Waals surface area contributed by atoms with Crippen molar-refractivity contribution in [2.24, 2.45) is 0 Å².